The van der Waals surface area contributed by atoms with Crippen LogP contribution in [0.3, 0.4) is 0 Å². The predicted molar refractivity (Wildman–Crippen MR) is 47.8 cm³/mol. The number of nitrogens with one attached hydrogen (secondary N) is 2. The van der Waals surface area contributed by atoms with E-state index in [1.807, 2.05) is 6.07 Å². The van der Waals surface area contributed by atoms with E-state index >= 15 is 0 Å². The van der Waals surface area contributed by atoms with Gasteiger partial charge in [0.05, 0.1) is 16.6 Å². The molecule has 0 bridgehead atoms. The Balaban J connectivity index is 2.83. The lowest BCUT2D eigenvalue weighted by Crippen LogP contribution is -1.86. The summed E-state index contributed by atoms with van der Waals surface area (Å²) in [7, 11) is 1.77. The van der Waals surface area contributed by atoms with Crippen molar-refractivity contribution in [2.75, 3.05) is 12.4 Å². The molecule has 0 unspecified atom stereocenters. The summed E-state index contributed by atoms with van der Waals surface area (Å²) in [6.45, 7) is 0. The normalized spacial score (nSPS) is 10.5. The maximum Gasteiger partial charge on any atom is 0.134 e. The molecule has 0 saturated heterocycles. The van der Waals surface area contributed by atoms with Crippen LogP contribution >= 0.6 is 0 Å². The standard InChI is InChI=1S/C9H9FN2/c1-11-8-5-12-7-4-2-3-6(10)9(7)8/h2-5,11-12H,1H3. The highest BCUT2D eigenvalue weighted by Crippen LogP contribution is 2.24. The summed E-state index contributed by atoms with van der Waals surface area (Å²) in [6.07, 6.45) is 1.76. The van der Waals surface area contributed by atoms with Gasteiger partial charge in [0, 0.05) is 13.2 Å². The molecule has 0 atom stereocenters. The lowest BCUT2D eigenvalue weighted by molar-refractivity contribution is 0.640. The van der Waals surface area contributed by atoms with E-state index in [0.717, 1.165) is 11.2 Å². The van der Waals surface area contributed by atoms with Crippen molar-refractivity contribution in [3.63, 3.8) is 0 Å². The molecule has 0 aliphatic carbocycles. The molecule has 1 aromatic carbocycles. The third-order valence-electron chi connectivity index (χ3n) is 1.92. The van der Waals surface area contributed by atoms with Crippen molar-refractivity contribution in [3.8, 4) is 0 Å². The van der Waals surface area contributed by atoms with Crippen LogP contribution < -0.4 is 5.32 Å². The summed E-state index contributed by atoms with van der Waals surface area (Å²) in [4.78, 5) is 2.98. The number of anilines is 1. The van der Waals surface area contributed by atoms with Crippen molar-refractivity contribution in [1.29, 1.82) is 0 Å². The summed E-state index contributed by atoms with van der Waals surface area (Å²) < 4.78 is 13.2. The minimum absolute atomic E-state index is 0.196. The highest BCUT2D eigenvalue weighted by Gasteiger charge is 2.05. The second-order valence-corrected chi connectivity index (χ2v) is 2.61. The van der Waals surface area contributed by atoms with Gasteiger partial charge in [-0.15, -0.1) is 0 Å². The molecule has 2 rings (SSSR count). The van der Waals surface area contributed by atoms with E-state index in [4.69, 9.17) is 0 Å². The van der Waals surface area contributed by atoms with E-state index in [1.54, 1.807) is 19.3 Å². The largest absolute Gasteiger partial charge is 0.386 e. The number of fused-ring (bicyclic) bond motifs is 1. The molecule has 2 N–H and O–H groups in total. The Morgan fingerprint density at radius 3 is 3.00 bits per heavy atom. The fraction of sp³-hybridized carbons (Fsp3) is 0.111. The van der Waals surface area contributed by atoms with Crippen LogP contribution in [0.1, 0.15) is 0 Å². The molecular formula is C9H9FN2. The van der Waals surface area contributed by atoms with Crippen molar-refractivity contribution in [2.24, 2.45) is 0 Å². The molecule has 3 heteroatoms. The fourth-order valence-corrected chi connectivity index (χ4v) is 1.34. The molecule has 0 spiro atoms. The zero-order valence-electron chi connectivity index (χ0n) is 6.69. The Kier molecular flexibility index (Phi) is 1.50. The van der Waals surface area contributed by atoms with E-state index in [2.05, 4.69) is 10.3 Å². The number of rotatable bonds is 1. The van der Waals surface area contributed by atoms with E-state index in [-0.39, 0.29) is 5.82 Å². The first-order chi connectivity index (χ1) is 5.83. The smallest absolute Gasteiger partial charge is 0.134 e. The number of halogens is 1. The first-order valence-electron chi connectivity index (χ1n) is 3.76. The molecule has 12 heavy (non-hydrogen) atoms. The predicted octanol–water partition coefficient (Wildman–Crippen LogP) is 2.35. The van der Waals surface area contributed by atoms with Gasteiger partial charge in [0.25, 0.3) is 0 Å². The minimum atomic E-state index is -0.196. The maximum absolute atomic E-state index is 13.2. The zero-order chi connectivity index (χ0) is 8.55. The van der Waals surface area contributed by atoms with Crippen LogP contribution in [0.2, 0.25) is 0 Å². The average molecular weight is 164 g/mol. The van der Waals surface area contributed by atoms with Crippen LogP contribution in [-0.4, -0.2) is 12.0 Å². The molecule has 0 aliphatic heterocycles. The van der Waals surface area contributed by atoms with Crippen molar-refractivity contribution in [2.45, 2.75) is 0 Å². The first-order valence-corrected chi connectivity index (χ1v) is 3.76. The molecule has 2 nitrogen and oxygen atoms in total. The van der Waals surface area contributed by atoms with Crippen LogP contribution in [0, 0.1) is 5.82 Å². The molecule has 1 heterocycles. The van der Waals surface area contributed by atoms with Gasteiger partial charge >= 0.3 is 0 Å². The average Bonchev–Trinajstić information content (AvgIpc) is 2.49. The summed E-state index contributed by atoms with van der Waals surface area (Å²) in [5.74, 6) is -0.196. The third kappa shape index (κ3) is 0.863. The SMILES string of the molecule is CNc1c[nH]c2cccc(F)c12. The quantitative estimate of drug-likeness (QED) is 0.665. The summed E-state index contributed by atoms with van der Waals surface area (Å²) in [5, 5.41) is 3.54. The highest BCUT2D eigenvalue weighted by molar-refractivity contribution is 5.92. The molecule has 0 saturated carbocycles. The number of hydrogen-bond donors (Lipinski definition) is 2. The van der Waals surface area contributed by atoms with Gasteiger partial charge < -0.3 is 10.3 Å². The molecule has 0 aliphatic rings. The van der Waals surface area contributed by atoms with Crippen LogP contribution in [0.5, 0.6) is 0 Å². The molecule has 0 radical (unpaired) electrons. The van der Waals surface area contributed by atoms with Crippen molar-refractivity contribution in [1.82, 2.24) is 4.98 Å². The van der Waals surface area contributed by atoms with Gasteiger partial charge in [0.15, 0.2) is 0 Å². The zero-order valence-corrected chi connectivity index (χ0v) is 6.69. The Morgan fingerprint density at radius 2 is 2.25 bits per heavy atom. The number of aromatic nitrogens is 1. The van der Waals surface area contributed by atoms with Crippen molar-refractivity contribution in [3.05, 3.63) is 30.2 Å². The number of hydrogen-bond acceptors (Lipinski definition) is 1. The fourth-order valence-electron chi connectivity index (χ4n) is 1.34. The Hall–Kier alpha value is -1.51. The first kappa shape index (κ1) is 7.16. The molecule has 2 aromatic rings. The summed E-state index contributed by atoms with van der Waals surface area (Å²) >= 11 is 0. The molecule has 62 valence electrons. The lowest BCUT2D eigenvalue weighted by atomic mass is 10.2. The van der Waals surface area contributed by atoms with Gasteiger partial charge in [-0.3, -0.25) is 0 Å². The Morgan fingerprint density at radius 1 is 1.42 bits per heavy atom. The van der Waals surface area contributed by atoms with Gasteiger partial charge in [-0.05, 0) is 12.1 Å². The van der Waals surface area contributed by atoms with E-state index in [9.17, 15) is 4.39 Å². The van der Waals surface area contributed by atoms with Crippen LogP contribution in [0.4, 0.5) is 10.1 Å². The van der Waals surface area contributed by atoms with Crippen molar-refractivity contribution >= 4 is 16.6 Å². The summed E-state index contributed by atoms with van der Waals surface area (Å²) in [6, 6.07) is 4.99. The van der Waals surface area contributed by atoms with Gasteiger partial charge in [0.1, 0.15) is 5.82 Å². The van der Waals surface area contributed by atoms with Crippen LogP contribution in [-0.2, 0) is 0 Å². The second kappa shape index (κ2) is 2.52. The summed E-state index contributed by atoms with van der Waals surface area (Å²) in [5.41, 5.74) is 1.61. The molecular weight excluding hydrogens is 155 g/mol. The highest BCUT2D eigenvalue weighted by atomic mass is 19.1. The van der Waals surface area contributed by atoms with Crippen LogP contribution in [0.15, 0.2) is 24.4 Å². The molecule has 1 aromatic heterocycles. The lowest BCUT2D eigenvalue weighted by Gasteiger charge is -1.96. The Labute approximate surface area is 69.4 Å². The topological polar surface area (TPSA) is 27.8 Å². The second-order valence-electron chi connectivity index (χ2n) is 2.61. The van der Waals surface area contributed by atoms with Gasteiger partial charge in [0.2, 0.25) is 0 Å². The molecule has 0 amide bonds. The van der Waals surface area contributed by atoms with Crippen molar-refractivity contribution < 1.29 is 4.39 Å². The number of benzene rings is 1. The molecule has 0 fully saturated rings. The van der Waals surface area contributed by atoms with E-state index in [1.165, 1.54) is 6.07 Å². The van der Waals surface area contributed by atoms with Gasteiger partial charge in [-0.25, -0.2) is 4.39 Å². The van der Waals surface area contributed by atoms with Crippen LogP contribution in [0.25, 0.3) is 10.9 Å². The minimum Gasteiger partial charge on any atom is -0.386 e. The monoisotopic (exact) mass is 164 g/mol. The maximum atomic E-state index is 13.2. The van der Waals surface area contributed by atoms with E-state index in [0.29, 0.717) is 5.39 Å². The van der Waals surface area contributed by atoms with E-state index < -0.39 is 0 Å². The van der Waals surface area contributed by atoms with Gasteiger partial charge in [-0.2, -0.15) is 0 Å². The number of H-pyrrole nitrogens is 1. The third-order valence-corrected chi connectivity index (χ3v) is 1.92. The van der Waals surface area contributed by atoms with Gasteiger partial charge in [-0.1, -0.05) is 6.07 Å². The Bertz CT molecular complexity index is 406. The number of aromatic amines is 1.